The van der Waals surface area contributed by atoms with Gasteiger partial charge in [-0.05, 0) is 33.6 Å². The molecule has 4 aliphatic rings. The average molecular weight is 799 g/mol. The summed E-state index contributed by atoms with van der Waals surface area (Å²) in [6, 6.07) is 0. The third kappa shape index (κ3) is 11.0. The summed E-state index contributed by atoms with van der Waals surface area (Å²) < 4.78 is 50.0. The van der Waals surface area contributed by atoms with Gasteiger partial charge in [-0.3, -0.25) is 4.79 Å². The molecule has 55 heavy (non-hydrogen) atoms. The van der Waals surface area contributed by atoms with Crippen molar-refractivity contribution >= 4 is 11.9 Å². The first-order chi connectivity index (χ1) is 25.8. The second kappa shape index (κ2) is 19.5. The molecule has 21 nitrogen and oxygen atoms in total. The van der Waals surface area contributed by atoms with Gasteiger partial charge in [-0.1, -0.05) is 12.2 Å². The maximum atomic E-state index is 13.2. The number of allylic oxidation sites excluding steroid dienone is 1. The van der Waals surface area contributed by atoms with Crippen LogP contribution in [-0.4, -0.2) is 199 Å². The molecule has 4 heterocycles. The molecule has 19 atom stereocenters. The van der Waals surface area contributed by atoms with Gasteiger partial charge in [-0.15, -0.1) is 6.58 Å². The summed E-state index contributed by atoms with van der Waals surface area (Å²) in [6.07, 6.45) is -26.2. The minimum atomic E-state index is -1.97. The van der Waals surface area contributed by atoms with Crippen LogP contribution in [0.15, 0.2) is 24.3 Å². The molecule has 4 rings (SSSR count). The SMILES string of the molecule is C=CC(C)(O)CCC=C(C)C(=O)O[C@H]1[C@H](O)[C@@H](CO)OC(OC(C)=O)[C@@H]1OC1OC(C)C(OC2OC[C@@H](O)[C@H](OC3OC[C@@H](O)[C@H](O)[C@H]3O)[C@H]2O)C(O)C1O. The molecule has 10 N–H and O–H groups in total. The molecule has 0 aromatic rings. The fourth-order valence-corrected chi connectivity index (χ4v) is 6.29. The third-order valence-electron chi connectivity index (χ3n) is 9.72. The van der Waals surface area contributed by atoms with E-state index in [1.54, 1.807) is 0 Å². The molecule has 21 heteroatoms. The standard InChI is InChI=1S/C34H54O21/c1-6-34(5,46)9-7-8-13(2)29(45)52-27-20(40)18(10-35)51-33(50-15(4)36)28(27)55-32-23(43)21(41)25(14(3)49-32)53-31-24(44)26(17(38)12-48-31)54-30-22(42)19(39)16(37)11-47-30/h6,8,14,16-28,30-33,35,37-44,46H,1,7,9-12H2,2-5H3/t14?,16-,17-,18-,19+,20-,21?,22-,23?,24-,25?,26+,27+,28-,30?,31?,32?,33?,34?/m1/s1. The van der Waals surface area contributed by atoms with Crippen LogP contribution in [0.4, 0.5) is 0 Å². The first kappa shape index (κ1) is 45.4. The number of hydrogen-bond donors (Lipinski definition) is 10. The molecular formula is C34H54O21. The van der Waals surface area contributed by atoms with E-state index < -0.39 is 148 Å². The van der Waals surface area contributed by atoms with Gasteiger partial charge in [-0.2, -0.15) is 0 Å². The Hall–Kier alpha value is -2.26. The van der Waals surface area contributed by atoms with Crippen molar-refractivity contribution in [2.45, 2.75) is 157 Å². The number of esters is 2. The van der Waals surface area contributed by atoms with Gasteiger partial charge in [0.15, 0.2) is 31.1 Å². The van der Waals surface area contributed by atoms with E-state index in [1.807, 2.05) is 0 Å². The molecule has 0 spiro atoms. The van der Waals surface area contributed by atoms with E-state index >= 15 is 0 Å². The number of carbonyl (C=O) groups excluding carboxylic acids is 2. The molecule has 9 unspecified atom stereocenters. The van der Waals surface area contributed by atoms with Crippen LogP contribution in [0.3, 0.4) is 0 Å². The first-order valence-electron chi connectivity index (χ1n) is 17.8. The van der Waals surface area contributed by atoms with Crippen molar-refractivity contribution in [1.82, 2.24) is 0 Å². The predicted molar refractivity (Wildman–Crippen MR) is 178 cm³/mol. The van der Waals surface area contributed by atoms with Crippen molar-refractivity contribution in [2.75, 3.05) is 19.8 Å². The normalized spacial score (nSPS) is 43.9. The van der Waals surface area contributed by atoms with E-state index in [0.717, 1.165) is 6.92 Å². The smallest absolute Gasteiger partial charge is 0.333 e. The quantitative estimate of drug-likeness (QED) is 0.0449. The molecule has 4 fully saturated rings. The Balaban J connectivity index is 1.48. The van der Waals surface area contributed by atoms with E-state index in [1.165, 1.54) is 32.9 Å². The van der Waals surface area contributed by atoms with Crippen molar-refractivity contribution in [3.8, 4) is 0 Å². The highest BCUT2D eigenvalue weighted by molar-refractivity contribution is 5.87. The highest BCUT2D eigenvalue weighted by Crippen LogP contribution is 2.34. The molecule has 0 bridgehead atoms. The summed E-state index contributed by atoms with van der Waals surface area (Å²) in [5.41, 5.74) is -1.14. The molecule has 0 aromatic carbocycles. The van der Waals surface area contributed by atoms with Crippen LogP contribution in [0, 0.1) is 0 Å². The number of hydrogen-bond acceptors (Lipinski definition) is 21. The molecular weight excluding hydrogens is 744 g/mol. The van der Waals surface area contributed by atoms with Gasteiger partial charge < -0.3 is 93.7 Å². The lowest BCUT2D eigenvalue weighted by molar-refractivity contribution is -0.379. The second-order valence-electron chi connectivity index (χ2n) is 14.2. The van der Waals surface area contributed by atoms with Gasteiger partial charge in [0.2, 0.25) is 6.29 Å². The lowest BCUT2D eigenvalue weighted by atomic mass is 9.96. The second-order valence-corrected chi connectivity index (χ2v) is 14.2. The summed E-state index contributed by atoms with van der Waals surface area (Å²) >= 11 is 0. The summed E-state index contributed by atoms with van der Waals surface area (Å²) in [7, 11) is 0. The number of aliphatic hydroxyl groups excluding tert-OH is 9. The Labute approximate surface area is 316 Å². The van der Waals surface area contributed by atoms with Crippen LogP contribution in [0.5, 0.6) is 0 Å². The third-order valence-corrected chi connectivity index (χ3v) is 9.72. The monoisotopic (exact) mass is 798 g/mol. The fourth-order valence-electron chi connectivity index (χ4n) is 6.29. The molecule has 0 radical (unpaired) electrons. The average Bonchev–Trinajstić information content (AvgIpc) is 3.13. The summed E-state index contributed by atoms with van der Waals surface area (Å²) in [6.45, 7) is 7.21. The topological polar surface area (TPSA) is 320 Å². The van der Waals surface area contributed by atoms with Crippen LogP contribution < -0.4 is 0 Å². The van der Waals surface area contributed by atoms with Crippen LogP contribution >= 0.6 is 0 Å². The van der Waals surface area contributed by atoms with E-state index in [9.17, 15) is 60.7 Å². The molecule has 0 saturated carbocycles. The van der Waals surface area contributed by atoms with Gasteiger partial charge in [-0.25, -0.2) is 4.79 Å². The van der Waals surface area contributed by atoms with Crippen molar-refractivity contribution in [2.24, 2.45) is 0 Å². The zero-order valence-electron chi connectivity index (χ0n) is 30.8. The van der Waals surface area contributed by atoms with E-state index in [-0.39, 0.29) is 18.4 Å². The fraction of sp³-hybridized carbons (Fsp3) is 0.824. The zero-order valence-corrected chi connectivity index (χ0v) is 30.8. The lowest BCUT2D eigenvalue weighted by Gasteiger charge is -2.48. The van der Waals surface area contributed by atoms with Gasteiger partial charge >= 0.3 is 11.9 Å². The van der Waals surface area contributed by atoms with Crippen LogP contribution in [0.1, 0.15) is 40.5 Å². The number of carbonyl (C=O) groups is 2. The van der Waals surface area contributed by atoms with Crippen LogP contribution in [0.2, 0.25) is 0 Å². The van der Waals surface area contributed by atoms with Crippen LogP contribution in [0.25, 0.3) is 0 Å². The van der Waals surface area contributed by atoms with Gasteiger partial charge in [0.25, 0.3) is 0 Å². The minimum absolute atomic E-state index is 0.0611. The van der Waals surface area contributed by atoms with Crippen LogP contribution in [-0.2, 0) is 52.2 Å². The molecule has 316 valence electrons. The Morgan fingerprint density at radius 1 is 0.727 bits per heavy atom. The summed E-state index contributed by atoms with van der Waals surface area (Å²) in [5, 5.41) is 105. The lowest BCUT2D eigenvalue weighted by Crippen LogP contribution is -2.66. The predicted octanol–water partition coefficient (Wildman–Crippen LogP) is -4.66. The van der Waals surface area contributed by atoms with E-state index in [2.05, 4.69) is 6.58 Å². The van der Waals surface area contributed by atoms with E-state index in [4.69, 9.17) is 42.6 Å². The molecule has 0 aromatic heterocycles. The zero-order chi connectivity index (χ0) is 40.9. The van der Waals surface area contributed by atoms with Crippen molar-refractivity contribution in [3.05, 3.63) is 24.3 Å². The highest BCUT2D eigenvalue weighted by Gasteiger charge is 2.55. The largest absolute Gasteiger partial charge is 0.453 e. The Kier molecular flexibility index (Phi) is 16.1. The summed E-state index contributed by atoms with van der Waals surface area (Å²) in [5.74, 6) is -1.86. The van der Waals surface area contributed by atoms with Crippen molar-refractivity contribution < 1.29 is 103 Å². The maximum absolute atomic E-state index is 13.2. The number of rotatable bonds is 14. The molecule has 0 amide bonds. The van der Waals surface area contributed by atoms with Gasteiger partial charge in [0.1, 0.15) is 67.1 Å². The highest BCUT2D eigenvalue weighted by atomic mass is 16.8. The Morgan fingerprint density at radius 2 is 1.31 bits per heavy atom. The van der Waals surface area contributed by atoms with Crippen molar-refractivity contribution in [3.63, 3.8) is 0 Å². The minimum Gasteiger partial charge on any atom is -0.453 e. The van der Waals surface area contributed by atoms with E-state index in [0.29, 0.717) is 0 Å². The first-order valence-corrected chi connectivity index (χ1v) is 17.8. The van der Waals surface area contributed by atoms with Crippen molar-refractivity contribution in [1.29, 1.82) is 0 Å². The van der Waals surface area contributed by atoms with Gasteiger partial charge in [0, 0.05) is 12.5 Å². The maximum Gasteiger partial charge on any atom is 0.333 e. The molecule has 4 saturated heterocycles. The summed E-state index contributed by atoms with van der Waals surface area (Å²) in [4.78, 5) is 25.2. The molecule has 4 aliphatic heterocycles. The number of ether oxygens (including phenoxy) is 9. The Bertz CT molecular complexity index is 1310. The molecule has 0 aliphatic carbocycles. The van der Waals surface area contributed by atoms with Gasteiger partial charge in [0.05, 0.1) is 31.5 Å². The Morgan fingerprint density at radius 3 is 1.93 bits per heavy atom. The number of aliphatic hydroxyl groups is 10.